The van der Waals surface area contributed by atoms with E-state index < -0.39 is 5.82 Å². The van der Waals surface area contributed by atoms with Crippen molar-refractivity contribution in [2.75, 3.05) is 20.2 Å². The Kier molecular flexibility index (Phi) is 5.57. The first-order valence-electron chi connectivity index (χ1n) is 10.7. The number of H-pyrrole nitrogens is 1. The molecule has 1 aliphatic heterocycles. The van der Waals surface area contributed by atoms with E-state index in [0.29, 0.717) is 23.0 Å². The number of ether oxygens (including phenoxy) is 1. The van der Waals surface area contributed by atoms with Crippen LogP contribution in [0, 0.1) is 5.82 Å². The third kappa shape index (κ3) is 3.63. The maximum Gasteiger partial charge on any atom is 0.181 e. The van der Waals surface area contributed by atoms with Crippen molar-refractivity contribution in [3.05, 3.63) is 58.9 Å². The van der Waals surface area contributed by atoms with Crippen LogP contribution in [-0.2, 0) is 0 Å². The molecule has 0 unspecified atom stereocenters. The molecule has 0 spiro atoms. The Labute approximate surface area is 189 Å². The topological polar surface area (TPSA) is 80.7 Å². The van der Waals surface area contributed by atoms with Gasteiger partial charge in [0.25, 0.3) is 0 Å². The van der Waals surface area contributed by atoms with Crippen LogP contribution < -0.4 is 10.1 Å². The predicted molar refractivity (Wildman–Crippen MR) is 122 cm³/mol. The summed E-state index contributed by atoms with van der Waals surface area (Å²) >= 11 is 6.32. The lowest BCUT2D eigenvalue weighted by Crippen LogP contribution is -2.29. The van der Waals surface area contributed by atoms with Gasteiger partial charge >= 0.3 is 0 Å². The van der Waals surface area contributed by atoms with E-state index in [9.17, 15) is 4.39 Å². The van der Waals surface area contributed by atoms with E-state index in [1.165, 1.54) is 6.07 Å². The van der Waals surface area contributed by atoms with Crippen molar-refractivity contribution in [2.24, 2.45) is 0 Å². The van der Waals surface area contributed by atoms with Crippen LogP contribution in [0.5, 0.6) is 5.75 Å². The third-order valence-corrected chi connectivity index (χ3v) is 6.62. The van der Waals surface area contributed by atoms with Gasteiger partial charge in [-0.2, -0.15) is 10.2 Å². The second-order valence-electron chi connectivity index (χ2n) is 8.12. The van der Waals surface area contributed by atoms with Gasteiger partial charge in [-0.25, -0.2) is 9.37 Å². The lowest BCUT2D eigenvalue weighted by atomic mass is 9.94. The normalized spacial score (nSPS) is 15.9. The van der Waals surface area contributed by atoms with E-state index in [2.05, 4.69) is 36.5 Å². The van der Waals surface area contributed by atoms with Crippen LogP contribution in [0.25, 0.3) is 22.2 Å². The number of aromatic nitrogens is 5. The number of benzene rings is 1. The van der Waals surface area contributed by atoms with Crippen molar-refractivity contribution in [1.29, 1.82) is 0 Å². The fourth-order valence-corrected chi connectivity index (χ4v) is 4.76. The van der Waals surface area contributed by atoms with Gasteiger partial charge in [-0.1, -0.05) is 18.5 Å². The molecule has 5 rings (SSSR count). The van der Waals surface area contributed by atoms with Crippen LogP contribution in [0.3, 0.4) is 0 Å². The number of fused-ring (bicyclic) bond motifs is 1. The van der Waals surface area contributed by atoms with Gasteiger partial charge in [0.2, 0.25) is 0 Å². The molecule has 2 N–H and O–H groups in total. The molecule has 9 heteroatoms. The zero-order chi connectivity index (χ0) is 22.2. The first-order valence-corrected chi connectivity index (χ1v) is 11.1. The summed E-state index contributed by atoms with van der Waals surface area (Å²) in [7, 11) is 1.55. The number of pyridine rings is 1. The maximum absolute atomic E-state index is 14.2. The van der Waals surface area contributed by atoms with Gasteiger partial charge in [0.05, 0.1) is 30.1 Å². The average Bonchev–Trinajstić information content (AvgIpc) is 3.48. The summed E-state index contributed by atoms with van der Waals surface area (Å²) in [6, 6.07) is 5.35. The highest BCUT2D eigenvalue weighted by atomic mass is 35.5. The fraction of sp³-hybridized carbons (Fsp3) is 0.348. The van der Waals surface area contributed by atoms with Crippen LogP contribution in [-0.4, -0.2) is 45.2 Å². The molecule has 0 aliphatic carbocycles. The minimum absolute atomic E-state index is 0.0481. The van der Waals surface area contributed by atoms with E-state index in [4.69, 9.17) is 16.3 Å². The number of nitrogens with one attached hydrogen (secondary N) is 2. The quantitative estimate of drug-likeness (QED) is 0.457. The highest BCUT2D eigenvalue weighted by Crippen LogP contribution is 2.40. The summed E-state index contributed by atoms with van der Waals surface area (Å²) in [4.78, 5) is 4.53. The Hall–Kier alpha value is -2.97. The van der Waals surface area contributed by atoms with E-state index in [0.717, 1.165) is 48.1 Å². The van der Waals surface area contributed by atoms with Gasteiger partial charge < -0.3 is 10.1 Å². The molecule has 32 heavy (non-hydrogen) atoms. The lowest BCUT2D eigenvalue weighted by molar-refractivity contribution is 0.343. The summed E-state index contributed by atoms with van der Waals surface area (Å²) in [6.07, 6.45) is 7.89. The van der Waals surface area contributed by atoms with Crippen LogP contribution in [0.2, 0.25) is 5.02 Å². The fourth-order valence-electron chi connectivity index (χ4n) is 4.44. The molecule has 1 aliphatic rings. The Morgan fingerprint density at radius 3 is 2.81 bits per heavy atom. The molecule has 1 fully saturated rings. The van der Waals surface area contributed by atoms with Gasteiger partial charge in [-0.05, 0) is 44.1 Å². The van der Waals surface area contributed by atoms with Crippen molar-refractivity contribution < 1.29 is 9.13 Å². The maximum atomic E-state index is 14.2. The molecule has 0 bridgehead atoms. The standard InChI is InChI=1S/C23H24ClFN6O/c1-13(20-19(32-2)4-3-18(25)21(20)24)22-17-9-14(10-27-23(17)30-29-22)15-11-28-31(12-15)16-5-7-26-8-6-16/h3-4,9-13,16,26H,5-8H2,1-2H3,(H,27,29,30)/t13-/m1/s1. The van der Waals surface area contributed by atoms with Gasteiger partial charge in [0.15, 0.2) is 5.65 Å². The van der Waals surface area contributed by atoms with Gasteiger partial charge in [-0.15, -0.1) is 0 Å². The van der Waals surface area contributed by atoms with E-state index >= 15 is 0 Å². The number of aromatic amines is 1. The minimum Gasteiger partial charge on any atom is -0.496 e. The van der Waals surface area contributed by atoms with E-state index in [-0.39, 0.29) is 10.9 Å². The zero-order valence-corrected chi connectivity index (χ0v) is 18.7. The molecule has 0 radical (unpaired) electrons. The lowest BCUT2D eigenvalue weighted by Gasteiger charge is -2.22. The number of methoxy groups -OCH3 is 1. The zero-order valence-electron chi connectivity index (χ0n) is 17.9. The molecule has 0 saturated carbocycles. The van der Waals surface area contributed by atoms with Crippen LogP contribution in [0.4, 0.5) is 4.39 Å². The predicted octanol–water partition coefficient (Wildman–Crippen LogP) is 4.70. The Balaban J connectivity index is 1.53. The number of hydrogen-bond donors (Lipinski definition) is 2. The Bertz CT molecular complexity index is 1260. The SMILES string of the molecule is COc1ccc(F)c(Cl)c1[C@@H](C)c1[nH]nc2ncc(-c3cnn(C4CCNCC4)c3)cc12. The summed E-state index contributed by atoms with van der Waals surface area (Å²) in [5, 5.41) is 16.3. The first-order chi connectivity index (χ1) is 15.6. The minimum atomic E-state index is -0.484. The molecular weight excluding hydrogens is 431 g/mol. The van der Waals surface area contributed by atoms with E-state index in [1.54, 1.807) is 19.4 Å². The molecule has 4 heterocycles. The van der Waals surface area contributed by atoms with Crippen molar-refractivity contribution in [2.45, 2.75) is 31.7 Å². The van der Waals surface area contributed by atoms with Crippen molar-refractivity contribution >= 4 is 22.6 Å². The molecule has 1 saturated heterocycles. The number of piperidine rings is 1. The molecule has 166 valence electrons. The number of hydrogen-bond acceptors (Lipinski definition) is 5. The second-order valence-corrected chi connectivity index (χ2v) is 8.50. The number of nitrogens with zero attached hydrogens (tertiary/aromatic N) is 4. The molecule has 1 atom stereocenters. The van der Waals surface area contributed by atoms with Crippen LogP contribution in [0.1, 0.15) is 43.0 Å². The van der Waals surface area contributed by atoms with Gasteiger partial charge in [0.1, 0.15) is 11.6 Å². The van der Waals surface area contributed by atoms with Crippen molar-refractivity contribution in [1.82, 2.24) is 30.3 Å². The average molecular weight is 455 g/mol. The van der Waals surface area contributed by atoms with Crippen molar-refractivity contribution in [3.63, 3.8) is 0 Å². The Morgan fingerprint density at radius 2 is 2.03 bits per heavy atom. The highest BCUT2D eigenvalue weighted by molar-refractivity contribution is 6.31. The second kappa shape index (κ2) is 8.52. The molecule has 4 aromatic rings. The number of rotatable bonds is 5. The monoisotopic (exact) mass is 454 g/mol. The third-order valence-electron chi connectivity index (χ3n) is 6.24. The molecule has 0 amide bonds. The molecule has 7 nitrogen and oxygen atoms in total. The van der Waals surface area contributed by atoms with Gasteiger partial charge in [-0.3, -0.25) is 9.78 Å². The summed E-state index contributed by atoms with van der Waals surface area (Å²) in [5.74, 6) is -0.242. The number of halogens is 2. The highest BCUT2D eigenvalue weighted by Gasteiger charge is 2.24. The molecule has 1 aromatic carbocycles. The Morgan fingerprint density at radius 1 is 1.22 bits per heavy atom. The van der Waals surface area contributed by atoms with Crippen molar-refractivity contribution in [3.8, 4) is 16.9 Å². The largest absolute Gasteiger partial charge is 0.496 e. The first kappa shape index (κ1) is 20.9. The van der Waals surface area contributed by atoms with Crippen LogP contribution in [0.15, 0.2) is 36.8 Å². The van der Waals surface area contributed by atoms with Crippen LogP contribution >= 0.6 is 11.6 Å². The smallest absolute Gasteiger partial charge is 0.181 e. The summed E-state index contributed by atoms with van der Waals surface area (Å²) in [5.41, 5.74) is 3.91. The summed E-state index contributed by atoms with van der Waals surface area (Å²) < 4.78 is 21.7. The molecule has 3 aromatic heterocycles. The molecular formula is C23H24ClFN6O. The van der Waals surface area contributed by atoms with Gasteiger partial charge in [0, 0.05) is 40.4 Å². The van der Waals surface area contributed by atoms with E-state index in [1.807, 2.05) is 19.2 Å². The summed E-state index contributed by atoms with van der Waals surface area (Å²) in [6.45, 7) is 3.96.